The third-order valence-electron chi connectivity index (χ3n) is 2.66. The maximum atomic E-state index is 11.1. The Hall–Kier alpha value is -1.55. The van der Waals surface area contributed by atoms with Gasteiger partial charge in [0.05, 0.1) is 0 Å². The summed E-state index contributed by atoms with van der Waals surface area (Å²) in [6.07, 6.45) is 0. The summed E-state index contributed by atoms with van der Waals surface area (Å²) in [6.45, 7) is 2.58. The van der Waals surface area contributed by atoms with Crippen molar-refractivity contribution in [2.45, 2.75) is 13.5 Å². The lowest BCUT2D eigenvalue weighted by atomic mass is 10.1. The van der Waals surface area contributed by atoms with Gasteiger partial charge in [0.25, 0.3) is 0 Å². The predicted molar refractivity (Wildman–Crippen MR) is 70.2 cm³/mol. The molecule has 0 atom stereocenters. The van der Waals surface area contributed by atoms with E-state index in [-0.39, 0.29) is 0 Å². The van der Waals surface area contributed by atoms with Crippen LogP contribution in [0.5, 0.6) is 0 Å². The van der Waals surface area contributed by atoms with E-state index in [4.69, 9.17) is 5.11 Å². The van der Waals surface area contributed by atoms with Gasteiger partial charge in [0.15, 0.2) is 0 Å². The number of carboxylic acid groups (broad SMARTS) is 1. The van der Waals surface area contributed by atoms with Crippen LogP contribution in [0, 0.1) is 0 Å². The van der Waals surface area contributed by atoms with E-state index in [1.807, 2.05) is 37.3 Å². The normalized spacial score (nSPS) is 10.5. The standard InChI is InChI=1S/C13H12BrNO2/c1-2-15-11(7-8-12(15)13(16)17)9-3-5-10(14)6-4-9/h3-8H,2H2,1H3,(H,16,17). The first-order chi connectivity index (χ1) is 8.13. The average Bonchev–Trinajstić information content (AvgIpc) is 2.73. The molecule has 1 aromatic heterocycles. The van der Waals surface area contributed by atoms with Gasteiger partial charge in [-0.1, -0.05) is 28.1 Å². The third-order valence-corrected chi connectivity index (χ3v) is 3.18. The molecule has 88 valence electrons. The number of benzene rings is 1. The van der Waals surface area contributed by atoms with Gasteiger partial charge in [-0.15, -0.1) is 0 Å². The van der Waals surface area contributed by atoms with Crippen LogP contribution < -0.4 is 0 Å². The van der Waals surface area contributed by atoms with E-state index in [1.54, 1.807) is 10.6 Å². The molecule has 1 aromatic carbocycles. The van der Waals surface area contributed by atoms with E-state index in [9.17, 15) is 4.79 Å². The fourth-order valence-corrected chi connectivity index (χ4v) is 2.13. The van der Waals surface area contributed by atoms with Gasteiger partial charge in [-0.3, -0.25) is 0 Å². The molecular weight excluding hydrogens is 282 g/mol. The molecule has 2 aromatic rings. The van der Waals surface area contributed by atoms with Gasteiger partial charge in [0, 0.05) is 16.7 Å². The lowest BCUT2D eigenvalue weighted by Gasteiger charge is -2.09. The maximum absolute atomic E-state index is 11.1. The van der Waals surface area contributed by atoms with Gasteiger partial charge in [0.1, 0.15) is 5.69 Å². The minimum atomic E-state index is -0.893. The molecule has 1 N–H and O–H groups in total. The molecule has 3 nitrogen and oxygen atoms in total. The molecule has 0 amide bonds. The molecule has 2 rings (SSSR count). The summed E-state index contributed by atoms with van der Waals surface area (Å²) in [6, 6.07) is 11.3. The predicted octanol–water partition coefficient (Wildman–Crippen LogP) is 3.64. The first-order valence-corrected chi connectivity index (χ1v) is 6.11. The van der Waals surface area contributed by atoms with Crippen LogP contribution in [0.4, 0.5) is 0 Å². The Kier molecular flexibility index (Phi) is 3.33. The largest absolute Gasteiger partial charge is 0.477 e. The monoisotopic (exact) mass is 293 g/mol. The van der Waals surface area contributed by atoms with Crippen LogP contribution in [0.25, 0.3) is 11.3 Å². The smallest absolute Gasteiger partial charge is 0.352 e. The minimum absolute atomic E-state index is 0.324. The van der Waals surface area contributed by atoms with E-state index >= 15 is 0 Å². The number of halogens is 1. The highest BCUT2D eigenvalue weighted by Crippen LogP contribution is 2.24. The zero-order valence-corrected chi connectivity index (χ0v) is 10.9. The van der Waals surface area contributed by atoms with Crippen molar-refractivity contribution in [1.29, 1.82) is 0 Å². The summed E-state index contributed by atoms with van der Waals surface area (Å²) in [7, 11) is 0. The molecule has 1 heterocycles. The second-order valence-corrected chi connectivity index (χ2v) is 4.58. The van der Waals surface area contributed by atoms with Gasteiger partial charge >= 0.3 is 5.97 Å². The number of carboxylic acids is 1. The topological polar surface area (TPSA) is 42.2 Å². The Balaban J connectivity index is 2.52. The van der Waals surface area contributed by atoms with Crippen molar-refractivity contribution in [2.24, 2.45) is 0 Å². The van der Waals surface area contributed by atoms with Gasteiger partial charge in [0.2, 0.25) is 0 Å². The highest BCUT2D eigenvalue weighted by Gasteiger charge is 2.13. The van der Waals surface area contributed by atoms with Crippen molar-refractivity contribution < 1.29 is 9.90 Å². The zero-order chi connectivity index (χ0) is 12.4. The summed E-state index contributed by atoms with van der Waals surface area (Å²) in [5.41, 5.74) is 2.27. The first-order valence-electron chi connectivity index (χ1n) is 5.32. The minimum Gasteiger partial charge on any atom is -0.477 e. The molecule has 0 saturated carbocycles. The Morgan fingerprint density at radius 2 is 1.88 bits per heavy atom. The summed E-state index contributed by atoms with van der Waals surface area (Å²) < 4.78 is 2.81. The third kappa shape index (κ3) is 2.26. The molecule has 0 fully saturated rings. The van der Waals surface area contributed by atoms with Crippen LogP contribution in [0.3, 0.4) is 0 Å². The number of nitrogens with zero attached hydrogens (tertiary/aromatic N) is 1. The molecule has 0 spiro atoms. The summed E-state index contributed by atoms with van der Waals surface area (Å²) in [4.78, 5) is 11.1. The summed E-state index contributed by atoms with van der Waals surface area (Å²) >= 11 is 3.38. The maximum Gasteiger partial charge on any atom is 0.352 e. The van der Waals surface area contributed by atoms with Crippen LogP contribution >= 0.6 is 15.9 Å². The fraction of sp³-hybridized carbons (Fsp3) is 0.154. The molecule has 0 aliphatic heterocycles. The number of carbonyl (C=O) groups is 1. The van der Waals surface area contributed by atoms with Crippen LogP contribution in [-0.4, -0.2) is 15.6 Å². The van der Waals surface area contributed by atoms with Crippen molar-refractivity contribution in [1.82, 2.24) is 4.57 Å². The van der Waals surface area contributed by atoms with Gasteiger partial charge < -0.3 is 9.67 Å². The van der Waals surface area contributed by atoms with Crippen LogP contribution in [0.15, 0.2) is 40.9 Å². The van der Waals surface area contributed by atoms with Crippen LogP contribution in [0.2, 0.25) is 0 Å². The summed E-state index contributed by atoms with van der Waals surface area (Å²) in [5, 5.41) is 9.07. The zero-order valence-electron chi connectivity index (χ0n) is 9.35. The highest BCUT2D eigenvalue weighted by atomic mass is 79.9. The molecule has 0 unspecified atom stereocenters. The Morgan fingerprint density at radius 1 is 1.24 bits per heavy atom. The number of hydrogen-bond acceptors (Lipinski definition) is 1. The van der Waals surface area contributed by atoms with Crippen molar-refractivity contribution in [3.8, 4) is 11.3 Å². The lowest BCUT2D eigenvalue weighted by Crippen LogP contribution is -2.08. The van der Waals surface area contributed by atoms with Crippen molar-refractivity contribution in [2.75, 3.05) is 0 Å². The van der Waals surface area contributed by atoms with Crippen LogP contribution in [-0.2, 0) is 6.54 Å². The van der Waals surface area contributed by atoms with Crippen LogP contribution in [0.1, 0.15) is 17.4 Å². The Labute approximate surface area is 108 Å². The summed E-state index contributed by atoms with van der Waals surface area (Å²) in [5.74, 6) is -0.893. The second-order valence-electron chi connectivity index (χ2n) is 3.66. The SMILES string of the molecule is CCn1c(C(=O)O)ccc1-c1ccc(Br)cc1. The number of hydrogen-bond donors (Lipinski definition) is 1. The average molecular weight is 294 g/mol. The van der Waals surface area contributed by atoms with E-state index in [2.05, 4.69) is 15.9 Å². The van der Waals surface area contributed by atoms with E-state index < -0.39 is 5.97 Å². The van der Waals surface area contributed by atoms with E-state index in [0.29, 0.717) is 12.2 Å². The molecule has 0 saturated heterocycles. The number of rotatable bonds is 3. The van der Waals surface area contributed by atoms with E-state index in [0.717, 1.165) is 15.7 Å². The number of aromatic carboxylic acids is 1. The molecule has 0 aliphatic carbocycles. The van der Waals surface area contributed by atoms with Gasteiger partial charge in [-0.25, -0.2) is 4.79 Å². The quantitative estimate of drug-likeness (QED) is 0.939. The molecule has 4 heteroatoms. The van der Waals surface area contributed by atoms with E-state index in [1.165, 1.54) is 0 Å². The molecule has 0 aliphatic rings. The first kappa shape index (κ1) is 11.9. The van der Waals surface area contributed by atoms with Gasteiger partial charge in [-0.05, 0) is 36.8 Å². The van der Waals surface area contributed by atoms with Crippen molar-refractivity contribution in [3.63, 3.8) is 0 Å². The number of aromatic nitrogens is 1. The molecule has 17 heavy (non-hydrogen) atoms. The highest BCUT2D eigenvalue weighted by molar-refractivity contribution is 9.10. The van der Waals surface area contributed by atoms with Crippen molar-refractivity contribution in [3.05, 3.63) is 46.6 Å². The molecule has 0 radical (unpaired) electrons. The molecule has 0 bridgehead atoms. The second kappa shape index (κ2) is 4.75. The van der Waals surface area contributed by atoms with Crippen molar-refractivity contribution >= 4 is 21.9 Å². The van der Waals surface area contributed by atoms with Gasteiger partial charge in [-0.2, -0.15) is 0 Å². The fourth-order valence-electron chi connectivity index (χ4n) is 1.87. The molecular formula is C13H12BrNO2. The Bertz CT molecular complexity index is 543. The lowest BCUT2D eigenvalue weighted by molar-refractivity contribution is 0.0685. The Morgan fingerprint density at radius 3 is 2.41 bits per heavy atom.